The molecule has 0 bridgehead atoms. The summed E-state index contributed by atoms with van der Waals surface area (Å²) in [7, 11) is 0. The highest BCUT2D eigenvalue weighted by atomic mass is 16.6. The van der Waals surface area contributed by atoms with Crippen molar-refractivity contribution in [3.63, 3.8) is 0 Å². The molecule has 12 heteroatoms. The number of nitrogens with one attached hydrogen (secondary N) is 2. The Kier molecular flexibility index (Phi) is 7.70. The van der Waals surface area contributed by atoms with Gasteiger partial charge < -0.3 is 30.6 Å². The SMILES string of the molecule is CC(C)(C)OC(=O)N[C@H](C(=O)N1C[C@H]2[C@@H]([C@H]1C(=O)NC(CC1CCCn3cnnc31)C(N)=O)C2(C)C)C(C)(C)C. The van der Waals surface area contributed by atoms with Crippen LogP contribution in [0.5, 0.6) is 0 Å². The Balaban J connectivity index is 1.53. The number of hydrogen-bond donors (Lipinski definition) is 3. The number of piperidine rings is 1. The van der Waals surface area contributed by atoms with Gasteiger partial charge in [0.25, 0.3) is 0 Å². The van der Waals surface area contributed by atoms with Crippen molar-refractivity contribution >= 4 is 23.8 Å². The number of nitrogens with zero attached hydrogens (tertiary/aromatic N) is 4. The first-order chi connectivity index (χ1) is 18.4. The Morgan fingerprint density at radius 2 is 1.82 bits per heavy atom. The number of hydrogen-bond acceptors (Lipinski definition) is 7. The van der Waals surface area contributed by atoms with Gasteiger partial charge in [-0.3, -0.25) is 14.4 Å². The molecule has 12 nitrogen and oxygen atoms in total. The van der Waals surface area contributed by atoms with Gasteiger partial charge in [-0.1, -0.05) is 34.6 Å². The van der Waals surface area contributed by atoms with E-state index in [4.69, 9.17) is 10.5 Å². The highest BCUT2D eigenvalue weighted by molar-refractivity contribution is 5.95. The van der Waals surface area contributed by atoms with E-state index in [0.29, 0.717) is 13.0 Å². The number of alkyl carbamates (subject to hydrolysis) is 1. The molecule has 222 valence electrons. The summed E-state index contributed by atoms with van der Waals surface area (Å²) in [6.45, 7) is 16.2. The second-order valence-corrected chi connectivity index (χ2v) is 14.3. The van der Waals surface area contributed by atoms with E-state index >= 15 is 0 Å². The molecule has 6 atom stereocenters. The van der Waals surface area contributed by atoms with E-state index in [1.165, 1.54) is 0 Å². The predicted molar refractivity (Wildman–Crippen MR) is 147 cm³/mol. The monoisotopic (exact) mass is 559 g/mol. The van der Waals surface area contributed by atoms with E-state index in [2.05, 4.69) is 34.7 Å². The normalized spacial score (nSPS) is 26.6. The summed E-state index contributed by atoms with van der Waals surface area (Å²) in [6, 6.07) is -2.62. The van der Waals surface area contributed by atoms with Gasteiger partial charge in [0.2, 0.25) is 17.7 Å². The highest BCUT2D eigenvalue weighted by Gasteiger charge is 2.70. The third-order valence-electron chi connectivity index (χ3n) is 8.68. The first-order valence-corrected chi connectivity index (χ1v) is 14.2. The van der Waals surface area contributed by atoms with Crippen molar-refractivity contribution < 1.29 is 23.9 Å². The zero-order valence-electron chi connectivity index (χ0n) is 25.0. The zero-order chi connectivity index (χ0) is 29.8. The molecule has 2 fully saturated rings. The maximum Gasteiger partial charge on any atom is 0.408 e. The van der Waals surface area contributed by atoms with Crippen LogP contribution in [-0.2, 0) is 25.7 Å². The van der Waals surface area contributed by atoms with Crippen molar-refractivity contribution in [3.8, 4) is 0 Å². The standard InChI is InChI=1S/C28H45N7O5/c1-26(2,3)20(32-25(39)40-27(4,5)6)24(38)35-13-16-18(28(16,7)8)19(35)23(37)31-17(21(29)36)12-15-10-9-11-34-14-30-33-22(15)34/h14-20H,9-13H2,1-8H3,(H2,29,36)(H,31,37)(H,32,39)/t15?,16-,17?,18-,19-,20+/m0/s1. The van der Waals surface area contributed by atoms with Gasteiger partial charge >= 0.3 is 6.09 Å². The minimum atomic E-state index is -0.920. The molecule has 0 radical (unpaired) electrons. The third-order valence-corrected chi connectivity index (χ3v) is 8.68. The van der Waals surface area contributed by atoms with Crippen molar-refractivity contribution in [2.75, 3.05) is 6.54 Å². The van der Waals surface area contributed by atoms with Crippen LogP contribution in [-0.4, -0.2) is 73.8 Å². The van der Waals surface area contributed by atoms with Crippen LogP contribution in [0.1, 0.15) is 86.4 Å². The summed E-state index contributed by atoms with van der Waals surface area (Å²) in [5, 5.41) is 13.8. The minimum absolute atomic E-state index is 0.0649. The van der Waals surface area contributed by atoms with Crippen LogP contribution in [0.15, 0.2) is 6.33 Å². The maximum absolute atomic E-state index is 14.0. The maximum atomic E-state index is 14.0. The Morgan fingerprint density at radius 3 is 2.42 bits per heavy atom. The van der Waals surface area contributed by atoms with Gasteiger partial charge in [0.15, 0.2) is 0 Å². The van der Waals surface area contributed by atoms with Gasteiger partial charge in [-0.25, -0.2) is 4.79 Å². The molecule has 4 N–H and O–H groups in total. The number of carbonyl (C=O) groups excluding carboxylic acids is 4. The average Bonchev–Trinajstić information content (AvgIpc) is 3.23. The average molecular weight is 560 g/mol. The van der Waals surface area contributed by atoms with Crippen LogP contribution in [0.25, 0.3) is 0 Å². The summed E-state index contributed by atoms with van der Waals surface area (Å²) < 4.78 is 7.39. The Bertz CT molecular complexity index is 1160. The van der Waals surface area contributed by atoms with Gasteiger partial charge in [0, 0.05) is 19.0 Å². The molecular weight excluding hydrogens is 514 g/mol. The second-order valence-electron chi connectivity index (χ2n) is 14.3. The lowest BCUT2D eigenvalue weighted by molar-refractivity contribution is -0.144. The second kappa shape index (κ2) is 10.3. The number of primary amides is 1. The summed E-state index contributed by atoms with van der Waals surface area (Å²) in [6.07, 6.45) is 3.02. The van der Waals surface area contributed by atoms with Gasteiger partial charge in [0.1, 0.15) is 35.9 Å². The topological polar surface area (TPSA) is 162 Å². The lowest BCUT2D eigenvalue weighted by Crippen LogP contribution is -2.60. The third kappa shape index (κ3) is 5.95. The first-order valence-electron chi connectivity index (χ1n) is 14.2. The Hall–Kier alpha value is -3.18. The smallest absolute Gasteiger partial charge is 0.408 e. The molecule has 2 aliphatic heterocycles. The lowest BCUT2D eigenvalue weighted by atomic mass is 9.85. The number of nitrogens with two attached hydrogens (primary N) is 1. The zero-order valence-corrected chi connectivity index (χ0v) is 25.0. The predicted octanol–water partition coefficient (Wildman–Crippen LogP) is 1.94. The first kappa shape index (κ1) is 29.8. The minimum Gasteiger partial charge on any atom is -0.444 e. The summed E-state index contributed by atoms with van der Waals surface area (Å²) in [4.78, 5) is 54.6. The van der Waals surface area contributed by atoms with E-state index in [0.717, 1.165) is 25.2 Å². The van der Waals surface area contributed by atoms with Crippen molar-refractivity contribution in [3.05, 3.63) is 12.2 Å². The van der Waals surface area contributed by atoms with Crippen molar-refractivity contribution in [1.29, 1.82) is 0 Å². The highest BCUT2D eigenvalue weighted by Crippen LogP contribution is 2.65. The number of ether oxygens (including phenoxy) is 1. The molecule has 4 rings (SSSR count). The van der Waals surface area contributed by atoms with Crippen LogP contribution in [0.2, 0.25) is 0 Å². The Labute approximate surface area is 236 Å². The van der Waals surface area contributed by atoms with E-state index in [1.54, 1.807) is 32.0 Å². The molecule has 40 heavy (non-hydrogen) atoms. The van der Waals surface area contributed by atoms with E-state index in [-0.39, 0.29) is 29.1 Å². The fraction of sp³-hybridized carbons (Fsp3) is 0.786. The quantitative estimate of drug-likeness (QED) is 0.460. The molecule has 3 heterocycles. The molecule has 1 saturated heterocycles. The lowest BCUT2D eigenvalue weighted by Gasteiger charge is -2.38. The number of aromatic nitrogens is 3. The van der Waals surface area contributed by atoms with Crippen molar-refractivity contribution in [2.45, 2.75) is 111 Å². The van der Waals surface area contributed by atoms with E-state index < -0.39 is 47.0 Å². The van der Waals surface area contributed by atoms with Crippen LogP contribution < -0.4 is 16.4 Å². The molecule has 0 spiro atoms. The molecule has 2 unspecified atom stereocenters. The van der Waals surface area contributed by atoms with Gasteiger partial charge in [-0.2, -0.15) is 0 Å². The number of carbonyl (C=O) groups is 4. The van der Waals surface area contributed by atoms with Crippen molar-refractivity contribution in [1.82, 2.24) is 30.3 Å². The largest absolute Gasteiger partial charge is 0.444 e. The van der Waals surface area contributed by atoms with Crippen molar-refractivity contribution in [2.24, 2.45) is 28.4 Å². The molecule has 1 aromatic heterocycles. The summed E-state index contributed by atoms with van der Waals surface area (Å²) in [5.41, 5.74) is 4.25. The van der Waals surface area contributed by atoms with E-state index in [9.17, 15) is 19.2 Å². The fourth-order valence-corrected chi connectivity index (χ4v) is 6.45. The Morgan fingerprint density at radius 1 is 1.15 bits per heavy atom. The number of amides is 4. The summed E-state index contributed by atoms with van der Waals surface area (Å²) in [5.74, 6) is -0.595. The molecule has 1 aliphatic carbocycles. The van der Waals surface area contributed by atoms with Gasteiger partial charge in [0.05, 0.1) is 0 Å². The molecule has 4 amide bonds. The number of likely N-dealkylation sites (tertiary alicyclic amines) is 1. The molecule has 0 aromatic carbocycles. The van der Waals surface area contributed by atoms with Crippen LogP contribution in [0, 0.1) is 22.7 Å². The molecule has 1 aromatic rings. The van der Waals surface area contributed by atoms with E-state index in [1.807, 2.05) is 25.3 Å². The number of fused-ring (bicyclic) bond motifs is 2. The number of aryl methyl sites for hydroxylation is 1. The fourth-order valence-electron chi connectivity index (χ4n) is 6.45. The van der Waals surface area contributed by atoms with Gasteiger partial charge in [-0.05, 0) is 62.7 Å². The van der Waals surface area contributed by atoms with Crippen LogP contribution in [0.4, 0.5) is 4.79 Å². The molecule has 1 saturated carbocycles. The van der Waals surface area contributed by atoms with Gasteiger partial charge in [-0.15, -0.1) is 10.2 Å². The summed E-state index contributed by atoms with van der Waals surface area (Å²) >= 11 is 0. The molecular formula is C28H45N7O5. The van der Waals surface area contributed by atoms with Crippen LogP contribution in [0.3, 0.4) is 0 Å². The molecule has 3 aliphatic rings. The number of rotatable bonds is 7. The van der Waals surface area contributed by atoms with Crippen LogP contribution >= 0.6 is 0 Å².